The molecule has 6 heteroatoms. The van der Waals surface area contributed by atoms with Crippen molar-refractivity contribution in [2.75, 3.05) is 20.2 Å². The Balaban J connectivity index is 2.07. The molecule has 2 aromatic carbocycles. The molecule has 0 aliphatic carbocycles. The maximum absolute atomic E-state index is 12.8. The maximum Gasteiger partial charge on any atom is 0.446 e. The second-order valence-electron chi connectivity index (χ2n) is 5.67. The molecule has 0 amide bonds. The van der Waals surface area contributed by atoms with Crippen molar-refractivity contribution in [2.45, 2.75) is 22.7 Å². The molecule has 1 aliphatic heterocycles. The first-order chi connectivity index (χ1) is 11.5. The van der Waals surface area contributed by atoms with E-state index in [4.69, 9.17) is 4.74 Å². The number of ether oxygens (including phenoxy) is 1. The lowest BCUT2D eigenvalue weighted by Crippen LogP contribution is -2.20. The van der Waals surface area contributed by atoms with Crippen LogP contribution in [0.2, 0.25) is 0 Å². The molecule has 0 spiro atoms. The minimum absolute atomic E-state index is 0.0996. The van der Waals surface area contributed by atoms with E-state index < -0.39 is 5.51 Å². The predicted molar refractivity (Wildman–Crippen MR) is 89.8 cm³/mol. The summed E-state index contributed by atoms with van der Waals surface area (Å²) in [4.78, 5) is 0.123. The zero-order valence-corrected chi connectivity index (χ0v) is 14.0. The third-order valence-electron chi connectivity index (χ3n) is 4.15. The molecule has 1 unspecified atom stereocenters. The number of halogens is 3. The Morgan fingerprint density at radius 3 is 2.58 bits per heavy atom. The van der Waals surface area contributed by atoms with Gasteiger partial charge in [0.25, 0.3) is 0 Å². The van der Waals surface area contributed by atoms with Crippen LogP contribution in [-0.4, -0.2) is 25.7 Å². The highest BCUT2D eigenvalue weighted by Gasteiger charge is 2.32. The third-order valence-corrected chi connectivity index (χ3v) is 4.92. The van der Waals surface area contributed by atoms with Crippen molar-refractivity contribution < 1.29 is 17.9 Å². The lowest BCUT2D eigenvalue weighted by atomic mass is 9.88. The summed E-state index contributed by atoms with van der Waals surface area (Å²) < 4.78 is 43.7. The van der Waals surface area contributed by atoms with E-state index in [0.29, 0.717) is 6.42 Å². The van der Waals surface area contributed by atoms with E-state index in [1.165, 1.54) is 7.11 Å². The summed E-state index contributed by atoms with van der Waals surface area (Å²) >= 11 is -0.117. The Labute approximate surface area is 143 Å². The van der Waals surface area contributed by atoms with Crippen molar-refractivity contribution in [3.63, 3.8) is 0 Å². The van der Waals surface area contributed by atoms with E-state index in [0.717, 1.165) is 29.8 Å². The van der Waals surface area contributed by atoms with Crippen LogP contribution < -0.4 is 10.1 Å². The lowest BCUT2D eigenvalue weighted by Gasteiger charge is -2.21. The Morgan fingerprint density at radius 2 is 1.92 bits per heavy atom. The molecule has 0 radical (unpaired) electrons. The molecular formula is C18H18F3NOS. The molecule has 24 heavy (non-hydrogen) atoms. The Hall–Kier alpha value is -1.66. The molecular weight excluding hydrogens is 335 g/mol. The Morgan fingerprint density at radius 1 is 1.17 bits per heavy atom. The molecule has 0 saturated heterocycles. The SMILES string of the molecule is COc1cc2c(cc1SC(F)(F)F)CCNCC2c1ccccc1. The van der Waals surface area contributed by atoms with Gasteiger partial charge in [0.1, 0.15) is 5.75 Å². The number of alkyl halides is 3. The van der Waals surface area contributed by atoms with Crippen LogP contribution in [0.1, 0.15) is 22.6 Å². The van der Waals surface area contributed by atoms with Gasteiger partial charge < -0.3 is 10.1 Å². The van der Waals surface area contributed by atoms with Gasteiger partial charge in [0.2, 0.25) is 0 Å². The Kier molecular flexibility index (Phi) is 5.06. The summed E-state index contributed by atoms with van der Waals surface area (Å²) in [5.41, 5.74) is -1.20. The highest BCUT2D eigenvalue weighted by atomic mass is 32.2. The number of hydrogen-bond donors (Lipinski definition) is 1. The summed E-state index contributed by atoms with van der Waals surface area (Å²) in [5, 5.41) is 3.38. The van der Waals surface area contributed by atoms with Crippen LogP contribution in [-0.2, 0) is 6.42 Å². The van der Waals surface area contributed by atoms with Gasteiger partial charge in [-0.15, -0.1) is 0 Å². The van der Waals surface area contributed by atoms with Gasteiger partial charge >= 0.3 is 5.51 Å². The molecule has 0 aromatic heterocycles. The van der Waals surface area contributed by atoms with Crippen molar-refractivity contribution >= 4 is 11.8 Å². The summed E-state index contributed by atoms with van der Waals surface area (Å²) in [6.45, 7) is 1.50. The fourth-order valence-electron chi connectivity index (χ4n) is 3.08. The van der Waals surface area contributed by atoms with Crippen molar-refractivity contribution in [3.05, 3.63) is 59.2 Å². The van der Waals surface area contributed by atoms with E-state index >= 15 is 0 Å². The smallest absolute Gasteiger partial charge is 0.446 e. The first kappa shape index (κ1) is 17.2. The second kappa shape index (κ2) is 7.07. The zero-order valence-electron chi connectivity index (χ0n) is 13.2. The van der Waals surface area contributed by atoms with Crippen LogP contribution in [0, 0.1) is 0 Å². The quantitative estimate of drug-likeness (QED) is 0.816. The van der Waals surface area contributed by atoms with Gasteiger partial charge in [-0.25, -0.2) is 0 Å². The van der Waals surface area contributed by atoms with Gasteiger partial charge in [0.15, 0.2) is 0 Å². The highest BCUT2D eigenvalue weighted by molar-refractivity contribution is 8.00. The zero-order chi connectivity index (χ0) is 17.2. The lowest BCUT2D eigenvalue weighted by molar-refractivity contribution is -0.0328. The van der Waals surface area contributed by atoms with Crippen LogP contribution in [0.15, 0.2) is 47.4 Å². The van der Waals surface area contributed by atoms with Crippen molar-refractivity contribution in [2.24, 2.45) is 0 Å². The van der Waals surface area contributed by atoms with Gasteiger partial charge in [-0.1, -0.05) is 30.3 Å². The number of methoxy groups -OCH3 is 1. The summed E-state index contributed by atoms with van der Waals surface area (Å²) in [6, 6.07) is 13.4. The van der Waals surface area contributed by atoms with Gasteiger partial charge in [-0.2, -0.15) is 13.2 Å². The van der Waals surface area contributed by atoms with E-state index in [-0.39, 0.29) is 28.3 Å². The molecule has 1 heterocycles. The number of fused-ring (bicyclic) bond motifs is 1. The van der Waals surface area contributed by atoms with Crippen LogP contribution in [0.5, 0.6) is 5.75 Å². The average molecular weight is 353 g/mol. The summed E-state index contributed by atoms with van der Waals surface area (Å²) in [5.74, 6) is 0.376. The molecule has 128 valence electrons. The van der Waals surface area contributed by atoms with Crippen LogP contribution in [0.25, 0.3) is 0 Å². The fraction of sp³-hybridized carbons (Fsp3) is 0.333. The molecule has 0 fully saturated rings. The molecule has 3 rings (SSSR count). The number of nitrogens with one attached hydrogen (secondary N) is 1. The van der Waals surface area contributed by atoms with E-state index in [9.17, 15) is 13.2 Å². The topological polar surface area (TPSA) is 21.3 Å². The molecule has 0 bridgehead atoms. The molecule has 2 aromatic rings. The van der Waals surface area contributed by atoms with E-state index in [2.05, 4.69) is 5.32 Å². The normalized spacial score (nSPS) is 17.9. The first-order valence-corrected chi connectivity index (χ1v) is 8.52. The molecule has 0 saturated carbocycles. The molecule has 1 N–H and O–H groups in total. The van der Waals surface area contributed by atoms with Gasteiger partial charge in [0.05, 0.1) is 12.0 Å². The van der Waals surface area contributed by atoms with Crippen molar-refractivity contribution in [1.29, 1.82) is 0 Å². The van der Waals surface area contributed by atoms with Crippen LogP contribution in [0.4, 0.5) is 13.2 Å². The fourth-order valence-corrected chi connectivity index (χ4v) is 3.78. The minimum atomic E-state index is -4.33. The number of thioether (sulfide) groups is 1. The van der Waals surface area contributed by atoms with E-state index in [1.807, 2.05) is 30.3 Å². The van der Waals surface area contributed by atoms with Crippen molar-refractivity contribution in [3.8, 4) is 5.75 Å². The second-order valence-corrected chi connectivity index (χ2v) is 6.77. The highest BCUT2D eigenvalue weighted by Crippen LogP contribution is 2.44. The van der Waals surface area contributed by atoms with Gasteiger partial charge in [0, 0.05) is 12.5 Å². The number of rotatable bonds is 3. The average Bonchev–Trinajstić information content (AvgIpc) is 2.75. The van der Waals surface area contributed by atoms with Crippen molar-refractivity contribution in [1.82, 2.24) is 5.32 Å². The monoisotopic (exact) mass is 353 g/mol. The summed E-state index contributed by atoms with van der Waals surface area (Å²) in [6.07, 6.45) is 0.702. The van der Waals surface area contributed by atoms with Crippen LogP contribution >= 0.6 is 11.8 Å². The first-order valence-electron chi connectivity index (χ1n) is 7.70. The largest absolute Gasteiger partial charge is 0.496 e. The van der Waals surface area contributed by atoms with Gasteiger partial charge in [-0.3, -0.25) is 0 Å². The molecule has 1 aliphatic rings. The third kappa shape index (κ3) is 3.87. The number of hydrogen-bond acceptors (Lipinski definition) is 3. The minimum Gasteiger partial charge on any atom is -0.496 e. The van der Waals surface area contributed by atoms with Crippen LogP contribution in [0.3, 0.4) is 0 Å². The van der Waals surface area contributed by atoms with E-state index in [1.54, 1.807) is 12.1 Å². The number of benzene rings is 2. The summed E-state index contributed by atoms with van der Waals surface area (Å²) in [7, 11) is 1.41. The molecule has 1 atom stereocenters. The Bertz CT molecular complexity index is 703. The standard InChI is InChI=1S/C18H18F3NOS/c1-23-16-10-14-13(9-17(16)24-18(19,20)21)7-8-22-11-15(14)12-5-3-2-4-6-12/h2-6,9-10,15,22H,7-8,11H2,1H3. The molecule has 2 nitrogen and oxygen atoms in total. The predicted octanol–water partition coefficient (Wildman–Crippen LogP) is 4.58. The maximum atomic E-state index is 12.8. The van der Waals surface area contributed by atoms with Gasteiger partial charge in [-0.05, 0) is 53.6 Å².